The molecule has 0 aliphatic rings. The second-order valence-electron chi connectivity index (χ2n) is 6.22. The zero-order chi connectivity index (χ0) is 21.2. The Hall–Kier alpha value is -3.55. The lowest BCUT2D eigenvalue weighted by Gasteiger charge is -2.12. The van der Waals surface area contributed by atoms with Crippen molar-refractivity contribution in [1.82, 2.24) is 5.32 Å². The maximum Gasteiger partial charge on any atom is 0.344 e. The maximum absolute atomic E-state index is 12.0. The number of carbonyl (C=O) groups excluding carboxylic acids is 3. The molecule has 0 saturated carbocycles. The van der Waals surface area contributed by atoms with Gasteiger partial charge in [0.15, 0.2) is 13.2 Å². The normalized spacial score (nSPS) is 10.0. The van der Waals surface area contributed by atoms with Gasteiger partial charge in [0.2, 0.25) is 5.91 Å². The van der Waals surface area contributed by atoms with Gasteiger partial charge in [-0.3, -0.25) is 9.59 Å². The van der Waals surface area contributed by atoms with Crippen molar-refractivity contribution in [2.75, 3.05) is 32.2 Å². The molecule has 154 valence electrons. The summed E-state index contributed by atoms with van der Waals surface area (Å²) in [4.78, 5) is 35.4. The molecule has 0 radical (unpaired) electrons. The number of hydrogen-bond acceptors (Lipinski definition) is 6. The average Bonchev–Trinajstić information content (AvgIpc) is 2.72. The van der Waals surface area contributed by atoms with E-state index in [0.29, 0.717) is 17.2 Å². The van der Waals surface area contributed by atoms with Crippen LogP contribution in [0.25, 0.3) is 0 Å². The molecule has 0 heterocycles. The van der Waals surface area contributed by atoms with Crippen LogP contribution in [0.4, 0.5) is 5.69 Å². The summed E-state index contributed by atoms with van der Waals surface area (Å²) in [5.74, 6) is -0.520. The highest BCUT2D eigenvalue weighted by Crippen LogP contribution is 2.19. The van der Waals surface area contributed by atoms with Crippen LogP contribution in [-0.4, -0.2) is 44.7 Å². The van der Waals surface area contributed by atoms with Crippen LogP contribution in [0.15, 0.2) is 42.5 Å². The number of aryl methyl sites for hydroxylation is 2. The highest BCUT2D eigenvalue weighted by Gasteiger charge is 2.11. The molecule has 2 aromatic carbocycles. The van der Waals surface area contributed by atoms with Crippen LogP contribution >= 0.6 is 0 Å². The molecule has 0 fully saturated rings. The smallest absolute Gasteiger partial charge is 0.344 e. The Balaban J connectivity index is 1.66. The first-order valence-corrected chi connectivity index (χ1v) is 8.94. The molecule has 2 rings (SSSR count). The fraction of sp³-hybridized carbons (Fsp3) is 0.286. The Kier molecular flexibility index (Phi) is 8.02. The predicted octanol–water partition coefficient (Wildman–Crippen LogP) is 1.99. The predicted molar refractivity (Wildman–Crippen MR) is 107 cm³/mol. The first-order chi connectivity index (χ1) is 13.9. The Morgan fingerprint density at radius 2 is 1.48 bits per heavy atom. The number of esters is 1. The Bertz CT molecular complexity index is 844. The number of nitrogens with one attached hydrogen (secondary N) is 2. The molecule has 0 bridgehead atoms. The molecule has 0 aromatic heterocycles. The lowest BCUT2D eigenvalue weighted by atomic mass is 10.1. The number of methoxy groups -OCH3 is 1. The van der Waals surface area contributed by atoms with Gasteiger partial charge in [0.25, 0.3) is 5.91 Å². The molecule has 8 nitrogen and oxygen atoms in total. The Morgan fingerprint density at radius 1 is 0.862 bits per heavy atom. The minimum atomic E-state index is -0.698. The zero-order valence-corrected chi connectivity index (χ0v) is 16.6. The molecule has 0 saturated heterocycles. The summed E-state index contributed by atoms with van der Waals surface area (Å²) in [6, 6.07) is 12.3. The second kappa shape index (κ2) is 10.7. The van der Waals surface area contributed by atoms with E-state index >= 15 is 0 Å². The lowest BCUT2D eigenvalue weighted by Crippen LogP contribution is -2.36. The molecule has 0 unspecified atom stereocenters. The SMILES string of the molecule is COc1ccc(OCC(=O)OCC(=O)NCC(=O)Nc2c(C)cccc2C)cc1. The van der Waals surface area contributed by atoms with Gasteiger partial charge in [0, 0.05) is 5.69 Å². The molecule has 8 heteroatoms. The number of benzene rings is 2. The van der Waals surface area contributed by atoms with E-state index in [2.05, 4.69) is 10.6 Å². The van der Waals surface area contributed by atoms with Gasteiger partial charge in [0.05, 0.1) is 13.7 Å². The Labute approximate surface area is 169 Å². The third-order valence-electron chi connectivity index (χ3n) is 3.97. The largest absolute Gasteiger partial charge is 0.497 e. The summed E-state index contributed by atoms with van der Waals surface area (Å²) in [7, 11) is 1.55. The molecule has 2 N–H and O–H groups in total. The maximum atomic E-state index is 12.0. The van der Waals surface area contributed by atoms with Crippen molar-refractivity contribution in [3.05, 3.63) is 53.6 Å². The van der Waals surface area contributed by atoms with Crippen molar-refractivity contribution in [3.63, 3.8) is 0 Å². The van der Waals surface area contributed by atoms with Crippen LogP contribution in [0.2, 0.25) is 0 Å². The van der Waals surface area contributed by atoms with E-state index in [1.807, 2.05) is 32.0 Å². The molecule has 0 aliphatic heterocycles. The average molecular weight is 400 g/mol. The fourth-order valence-electron chi connectivity index (χ4n) is 2.43. The third kappa shape index (κ3) is 7.17. The van der Waals surface area contributed by atoms with E-state index in [9.17, 15) is 14.4 Å². The summed E-state index contributed by atoms with van der Waals surface area (Å²) >= 11 is 0. The first kappa shape index (κ1) is 21.7. The van der Waals surface area contributed by atoms with E-state index in [-0.39, 0.29) is 19.1 Å². The van der Waals surface area contributed by atoms with E-state index < -0.39 is 18.5 Å². The number of carbonyl (C=O) groups is 3. The molecular weight excluding hydrogens is 376 g/mol. The number of rotatable bonds is 9. The van der Waals surface area contributed by atoms with E-state index in [4.69, 9.17) is 14.2 Å². The minimum absolute atomic E-state index is 0.230. The van der Waals surface area contributed by atoms with E-state index in [1.165, 1.54) is 0 Å². The van der Waals surface area contributed by atoms with E-state index in [1.54, 1.807) is 31.4 Å². The highest BCUT2D eigenvalue weighted by atomic mass is 16.6. The molecule has 0 spiro atoms. The quantitative estimate of drug-likeness (QED) is 0.624. The molecular formula is C21H24N2O6. The second-order valence-corrected chi connectivity index (χ2v) is 6.22. The van der Waals surface area contributed by atoms with Crippen LogP contribution in [-0.2, 0) is 19.1 Å². The summed E-state index contributed by atoms with van der Waals surface area (Å²) in [5, 5.41) is 5.16. The lowest BCUT2D eigenvalue weighted by molar-refractivity contribution is -0.150. The summed E-state index contributed by atoms with van der Waals surface area (Å²) < 4.78 is 15.1. The van der Waals surface area contributed by atoms with Gasteiger partial charge in [0.1, 0.15) is 11.5 Å². The number of hydrogen-bond donors (Lipinski definition) is 2. The topological polar surface area (TPSA) is 103 Å². The van der Waals surface area contributed by atoms with Gasteiger partial charge in [-0.15, -0.1) is 0 Å². The van der Waals surface area contributed by atoms with Gasteiger partial charge in [-0.2, -0.15) is 0 Å². The molecule has 0 atom stereocenters. The number of anilines is 1. The van der Waals surface area contributed by atoms with E-state index in [0.717, 1.165) is 11.1 Å². The monoisotopic (exact) mass is 400 g/mol. The minimum Gasteiger partial charge on any atom is -0.497 e. The van der Waals surface area contributed by atoms with Crippen LogP contribution in [0.1, 0.15) is 11.1 Å². The molecule has 2 amide bonds. The van der Waals surface area contributed by atoms with Gasteiger partial charge in [-0.1, -0.05) is 18.2 Å². The summed E-state index contributed by atoms with van der Waals surface area (Å²) in [5.41, 5.74) is 2.57. The summed E-state index contributed by atoms with van der Waals surface area (Å²) in [6.07, 6.45) is 0. The van der Waals surface area contributed by atoms with Crippen molar-refractivity contribution in [3.8, 4) is 11.5 Å². The van der Waals surface area contributed by atoms with Crippen LogP contribution in [0, 0.1) is 13.8 Å². The van der Waals surface area contributed by atoms with Gasteiger partial charge in [-0.25, -0.2) is 4.79 Å². The van der Waals surface area contributed by atoms with Crippen LogP contribution in [0.5, 0.6) is 11.5 Å². The summed E-state index contributed by atoms with van der Waals surface area (Å²) in [6.45, 7) is 2.70. The molecule has 0 aliphatic carbocycles. The van der Waals surface area contributed by atoms with Gasteiger partial charge < -0.3 is 24.8 Å². The molecule has 2 aromatic rings. The van der Waals surface area contributed by atoms with Crippen molar-refractivity contribution >= 4 is 23.5 Å². The van der Waals surface area contributed by atoms with Crippen LogP contribution in [0.3, 0.4) is 0 Å². The highest BCUT2D eigenvalue weighted by molar-refractivity contribution is 5.96. The van der Waals surface area contributed by atoms with Crippen molar-refractivity contribution in [2.24, 2.45) is 0 Å². The Morgan fingerprint density at radius 3 is 2.10 bits per heavy atom. The van der Waals surface area contributed by atoms with Crippen molar-refractivity contribution < 1.29 is 28.6 Å². The fourth-order valence-corrected chi connectivity index (χ4v) is 2.43. The first-order valence-electron chi connectivity index (χ1n) is 8.94. The third-order valence-corrected chi connectivity index (χ3v) is 3.97. The number of amides is 2. The zero-order valence-electron chi connectivity index (χ0n) is 16.6. The standard InChI is InChI=1S/C21H24N2O6/c1-14-5-4-6-15(2)21(14)23-18(24)11-22-19(25)12-29-20(26)13-28-17-9-7-16(27-3)8-10-17/h4-10H,11-13H2,1-3H3,(H,22,25)(H,23,24). The van der Waals surface area contributed by atoms with Crippen LogP contribution < -0.4 is 20.1 Å². The number of ether oxygens (including phenoxy) is 3. The van der Waals surface area contributed by atoms with Gasteiger partial charge in [-0.05, 0) is 49.2 Å². The molecule has 29 heavy (non-hydrogen) atoms. The van der Waals surface area contributed by atoms with Gasteiger partial charge >= 0.3 is 5.97 Å². The van der Waals surface area contributed by atoms with Crippen molar-refractivity contribution in [1.29, 1.82) is 0 Å². The number of para-hydroxylation sites is 1. The van der Waals surface area contributed by atoms with Crippen molar-refractivity contribution in [2.45, 2.75) is 13.8 Å².